The highest BCUT2D eigenvalue weighted by atomic mass is 16.5. The SMILES string of the molecule is Cc1ccc(C)c([C@@H]2CN(C(=O)[C@@H]3CNCCO3)[C@@H](C)CO2)c1. The van der Waals surface area contributed by atoms with E-state index in [4.69, 9.17) is 9.47 Å². The van der Waals surface area contributed by atoms with E-state index < -0.39 is 0 Å². The molecule has 2 saturated heterocycles. The van der Waals surface area contributed by atoms with Crippen LogP contribution in [-0.4, -0.2) is 55.8 Å². The minimum atomic E-state index is -0.372. The number of morpholine rings is 2. The fourth-order valence-electron chi connectivity index (χ4n) is 3.27. The maximum Gasteiger partial charge on any atom is 0.253 e. The Kier molecular flexibility index (Phi) is 4.99. The average Bonchev–Trinajstić information content (AvgIpc) is 2.58. The third kappa shape index (κ3) is 3.57. The number of carbonyl (C=O) groups excluding carboxylic acids is 1. The fourth-order valence-corrected chi connectivity index (χ4v) is 3.27. The number of ether oxygens (including phenoxy) is 2. The Morgan fingerprint density at radius 2 is 2.13 bits per heavy atom. The second-order valence-corrected chi connectivity index (χ2v) is 6.59. The standard InChI is InChI=1S/C18H26N2O3/c1-12-4-5-13(2)15(8-12)17-10-20(14(3)11-23-17)18(21)16-9-19-6-7-22-16/h4-5,8,14,16-17,19H,6-7,9-11H2,1-3H3/t14-,16-,17-/m0/s1. The molecule has 126 valence electrons. The van der Waals surface area contributed by atoms with Gasteiger partial charge in [-0.05, 0) is 31.9 Å². The van der Waals surface area contributed by atoms with Crippen LogP contribution in [0.25, 0.3) is 0 Å². The summed E-state index contributed by atoms with van der Waals surface area (Å²) in [5.74, 6) is 0.0725. The first-order chi connectivity index (χ1) is 11.1. The zero-order chi connectivity index (χ0) is 16.4. The third-order valence-corrected chi connectivity index (χ3v) is 4.70. The van der Waals surface area contributed by atoms with Crippen molar-refractivity contribution in [2.24, 2.45) is 0 Å². The van der Waals surface area contributed by atoms with Gasteiger partial charge in [-0.25, -0.2) is 0 Å². The van der Waals surface area contributed by atoms with Crippen LogP contribution in [0.3, 0.4) is 0 Å². The Morgan fingerprint density at radius 1 is 1.30 bits per heavy atom. The Morgan fingerprint density at radius 3 is 2.87 bits per heavy atom. The van der Waals surface area contributed by atoms with Crippen LogP contribution in [0.2, 0.25) is 0 Å². The van der Waals surface area contributed by atoms with Gasteiger partial charge in [0.15, 0.2) is 0 Å². The molecule has 2 fully saturated rings. The molecule has 0 radical (unpaired) electrons. The van der Waals surface area contributed by atoms with Gasteiger partial charge in [0.25, 0.3) is 5.91 Å². The van der Waals surface area contributed by atoms with Crippen LogP contribution in [0.4, 0.5) is 0 Å². The number of hydrogen-bond donors (Lipinski definition) is 1. The van der Waals surface area contributed by atoms with Crippen molar-refractivity contribution < 1.29 is 14.3 Å². The van der Waals surface area contributed by atoms with Gasteiger partial charge < -0.3 is 19.7 Å². The van der Waals surface area contributed by atoms with Gasteiger partial charge >= 0.3 is 0 Å². The number of nitrogens with one attached hydrogen (secondary N) is 1. The maximum absolute atomic E-state index is 12.8. The molecule has 1 aromatic rings. The molecule has 2 aliphatic heterocycles. The van der Waals surface area contributed by atoms with Crippen LogP contribution in [0, 0.1) is 13.8 Å². The molecule has 0 aliphatic carbocycles. The normalized spacial score (nSPS) is 28.7. The Balaban J connectivity index is 1.76. The lowest BCUT2D eigenvalue weighted by Crippen LogP contribution is -2.55. The summed E-state index contributed by atoms with van der Waals surface area (Å²) in [6.07, 6.45) is -0.435. The van der Waals surface area contributed by atoms with Crippen molar-refractivity contribution in [1.82, 2.24) is 10.2 Å². The van der Waals surface area contributed by atoms with Crippen molar-refractivity contribution in [3.63, 3.8) is 0 Å². The van der Waals surface area contributed by atoms with Crippen LogP contribution in [0.1, 0.15) is 29.7 Å². The van der Waals surface area contributed by atoms with E-state index in [0.717, 1.165) is 6.54 Å². The summed E-state index contributed by atoms with van der Waals surface area (Å²) in [5, 5.41) is 3.23. The molecule has 0 bridgehead atoms. The van der Waals surface area contributed by atoms with Gasteiger partial charge in [-0.1, -0.05) is 23.8 Å². The van der Waals surface area contributed by atoms with Crippen molar-refractivity contribution in [2.75, 3.05) is 32.8 Å². The van der Waals surface area contributed by atoms with E-state index in [-0.39, 0.29) is 24.2 Å². The molecule has 0 saturated carbocycles. The number of amides is 1. The first-order valence-electron chi connectivity index (χ1n) is 8.38. The van der Waals surface area contributed by atoms with Gasteiger partial charge in [-0.2, -0.15) is 0 Å². The summed E-state index contributed by atoms with van der Waals surface area (Å²) >= 11 is 0. The van der Waals surface area contributed by atoms with Gasteiger partial charge in [0.2, 0.25) is 0 Å². The quantitative estimate of drug-likeness (QED) is 0.899. The summed E-state index contributed by atoms with van der Waals surface area (Å²) in [7, 11) is 0. The van der Waals surface area contributed by atoms with Gasteiger partial charge in [-0.15, -0.1) is 0 Å². The Labute approximate surface area is 137 Å². The molecule has 0 spiro atoms. The lowest BCUT2D eigenvalue weighted by molar-refractivity contribution is -0.158. The van der Waals surface area contributed by atoms with E-state index in [1.807, 2.05) is 11.8 Å². The third-order valence-electron chi connectivity index (χ3n) is 4.70. The summed E-state index contributed by atoms with van der Waals surface area (Å²) in [6, 6.07) is 6.47. The topological polar surface area (TPSA) is 50.8 Å². The lowest BCUT2D eigenvalue weighted by Gasteiger charge is -2.40. The summed E-state index contributed by atoms with van der Waals surface area (Å²) < 4.78 is 11.7. The molecule has 5 heteroatoms. The molecule has 3 atom stereocenters. The van der Waals surface area contributed by atoms with Crippen molar-refractivity contribution >= 4 is 5.91 Å². The average molecular weight is 318 g/mol. The smallest absolute Gasteiger partial charge is 0.253 e. The molecule has 23 heavy (non-hydrogen) atoms. The van der Waals surface area contributed by atoms with Crippen molar-refractivity contribution in [2.45, 2.75) is 39.0 Å². The van der Waals surface area contributed by atoms with Crippen LogP contribution in [0.5, 0.6) is 0 Å². The second-order valence-electron chi connectivity index (χ2n) is 6.59. The molecule has 2 heterocycles. The predicted molar refractivity (Wildman–Crippen MR) is 88.4 cm³/mol. The van der Waals surface area contributed by atoms with Crippen LogP contribution in [0.15, 0.2) is 18.2 Å². The van der Waals surface area contributed by atoms with Gasteiger partial charge in [0.05, 0.1) is 25.8 Å². The van der Waals surface area contributed by atoms with Crippen molar-refractivity contribution in [3.05, 3.63) is 34.9 Å². The van der Waals surface area contributed by atoms with Crippen molar-refractivity contribution in [1.29, 1.82) is 0 Å². The highest BCUT2D eigenvalue weighted by Crippen LogP contribution is 2.28. The molecule has 2 aliphatic rings. The van der Waals surface area contributed by atoms with E-state index in [0.29, 0.717) is 26.3 Å². The van der Waals surface area contributed by atoms with E-state index in [2.05, 4.69) is 37.4 Å². The van der Waals surface area contributed by atoms with E-state index in [1.165, 1.54) is 16.7 Å². The van der Waals surface area contributed by atoms with Gasteiger partial charge in [-0.3, -0.25) is 4.79 Å². The van der Waals surface area contributed by atoms with Crippen LogP contribution < -0.4 is 5.32 Å². The molecule has 1 aromatic carbocycles. The summed E-state index contributed by atoms with van der Waals surface area (Å²) in [5.41, 5.74) is 3.60. The number of benzene rings is 1. The Hall–Kier alpha value is -1.43. The van der Waals surface area contributed by atoms with E-state index in [9.17, 15) is 4.79 Å². The zero-order valence-corrected chi connectivity index (χ0v) is 14.2. The van der Waals surface area contributed by atoms with Crippen LogP contribution >= 0.6 is 0 Å². The highest BCUT2D eigenvalue weighted by molar-refractivity contribution is 5.81. The lowest BCUT2D eigenvalue weighted by atomic mass is 9.98. The molecular weight excluding hydrogens is 292 g/mol. The number of hydrogen-bond acceptors (Lipinski definition) is 4. The monoisotopic (exact) mass is 318 g/mol. The Bertz CT molecular complexity index is 569. The first kappa shape index (κ1) is 16.4. The molecular formula is C18H26N2O3. The predicted octanol–water partition coefficient (Wildman–Crippen LogP) is 1.58. The second kappa shape index (κ2) is 6.99. The summed E-state index contributed by atoms with van der Waals surface area (Å²) in [4.78, 5) is 14.7. The fraction of sp³-hybridized carbons (Fsp3) is 0.611. The molecule has 5 nitrogen and oxygen atoms in total. The molecule has 1 amide bonds. The van der Waals surface area contributed by atoms with E-state index in [1.54, 1.807) is 0 Å². The number of carbonyl (C=O) groups is 1. The molecule has 0 aromatic heterocycles. The zero-order valence-electron chi connectivity index (χ0n) is 14.2. The molecule has 3 rings (SSSR count). The maximum atomic E-state index is 12.8. The van der Waals surface area contributed by atoms with Gasteiger partial charge in [0.1, 0.15) is 12.2 Å². The van der Waals surface area contributed by atoms with E-state index >= 15 is 0 Å². The van der Waals surface area contributed by atoms with Gasteiger partial charge in [0, 0.05) is 13.1 Å². The largest absolute Gasteiger partial charge is 0.370 e. The highest BCUT2D eigenvalue weighted by Gasteiger charge is 2.35. The number of rotatable bonds is 2. The van der Waals surface area contributed by atoms with Crippen molar-refractivity contribution in [3.8, 4) is 0 Å². The molecule has 0 unspecified atom stereocenters. The number of nitrogens with zero attached hydrogens (tertiary/aromatic N) is 1. The minimum Gasteiger partial charge on any atom is -0.370 e. The first-order valence-corrected chi connectivity index (χ1v) is 8.38. The van der Waals surface area contributed by atoms with Crippen LogP contribution in [-0.2, 0) is 14.3 Å². The summed E-state index contributed by atoms with van der Waals surface area (Å²) in [6.45, 7) is 9.36. The number of aryl methyl sites for hydroxylation is 2. The molecule has 1 N–H and O–H groups in total. The minimum absolute atomic E-state index is 0.0633.